The topological polar surface area (TPSA) is 103 Å². The van der Waals surface area contributed by atoms with Crippen molar-refractivity contribution in [3.63, 3.8) is 0 Å². The molecule has 156 valence electrons. The number of aryl methyl sites for hydroxylation is 1. The van der Waals surface area contributed by atoms with Crippen molar-refractivity contribution in [2.45, 2.75) is 52.5 Å². The van der Waals surface area contributed by atoms with Gasteiger partial charge in [-0.05, 0) is 50.5 Å². The van der Waals surface area contributed by atoms with Gasteiger partial charge < -0.3 is 20.3 Å². The van der Waals surface area contributed by atoms with E-state index in [-0.39, 0.29) is 24.7 Å². The number of ether oxygens (including phenoxy) is 1. The van der Waals surface area contributed by atoms with Gasteiger partial charge in [0.2, 0.25) is 17.6 Å². The van der Waals surface area contributed by atoms with Crippen LogP contribution in [0.4, 0.5) is 0 Å². The van der Waals surface area contributed by atoms with Crippen molar-refractivity contribution in [3.05, 3.63) is 30.2 Å². The van der Waals surface area contributed by atoms with Crippen LogP contribution in [0.25, 0.3) is 11.4 Å². The van der Waals surface area contributed by atoms with Crippen molar-refractivity contribution in [1.29, 1.82) is 0 Å². The highest BCUT2D eigenvalue weighted by Crippen LogP contribution is 2.20. The lowest BCUT2D eigenvalue weighted by atomic mass is 9.90. The SMILES string of the molecule is CCOc1ccc(-c2noc(CCC(=O)NC(C)(CN)CC(C)C)n2)cc1.Cl. The Morgan fingerprint density at radius 1 is 1.32 bits per heavy atom. The molecule has 2 aromatic rings. The average Bonchev–Trinajstić information content (AvgIpc) is 3.09. The van der Waals surface area contributed by atoms with E-state index < -0.39 is 5.54 Å². The second-order valence-electron chi connectivity index (χ2n) is 7.38. The highest BCUT2D eigenvalue weighted by atomic mass is 35.5. The first-order valence-electron chi connectivity index (χ1n) is 9.42. The zero-order valence-electron chi connectivity index (χ0n) is 17.0. The Bertz CT molecular complexity index is 733. The molecular weight excluding hydrogens is 380 g/mol. The van der Waals surface area contributed by atoms with Crippen LogP contribution in [-0.2, 0) is 11.2 Å². The molecule has 0 spiro atoms. The van der Waals surface area contributed by atoms with Gasteiger partial charge in [-0.3, -0.25) is 4.79 Å². The van der Waals surface area contributed by atoms with Gasteiger partial charge in [0.05, 0.1) is 6.61 Å². The number of aromatic nitrogens is 2. The number of benzene rings is 1. The van der Waals surface area contributed by atoms with Crippen LogP contribution in [0.3, 0.4) is 0 Å². The average molecular weight is 411 g/mol. The molecule has 1 unspecified atom stereocenters. The first-order chi connectivity index (χ1) is 12.8. The van der Waals surface area contributed by atoms with E-state index in [9.17, 15) is 4.79 Å². The van der Waals surface area contributed by atoms with Gasteiger partial charge in [0.15, 0.2) is 0 Å². The highest BCUT2D eigenvalue weighted by molar-refractivity contribution is 5.85. The first-order valence-corrected chi connectivity index (χ1v) is 9.42. The normalized spacial score (nSPS) is 12.9. The molecule has 7 nitrogen and oxygen atoms in total. The van der Waals surface area contributed by atoms with Crippen LogP contribution in [0.15, 0.2) is 28.8 Å². The number of carbonyl (C=O) groups excluding carboxylic acids is 1. The van der Waals surface area contributed by atoms with Gasteiger partial charge in [0.1, 0.15) is 5.75 Å². The number of hydrogen-bond acceptors (Lipinski definition) is 6. The summed E-state index contributed by atoms with van der Waals surface area (Å²) in [7, 11) is 0. The summed E-state index contributed by atoms with van der Waals surface area (Å²) in [4.78, 5) is 16.6. The monoisotopic (exact) mass is 410 g/mol. The maximum Gasteiger partial charge on any atom is 0.227 e. The van der Waals surface area contributed by atoms with Crippen molar-refractivity contribution < 1.29 is 14.1 Å². The minimum atomic E-state index is -0.395. The maximum absolute atomic E-state index is 12.3. The molecule has 28 heavy (non-hydrogen) atoms. The lowest BCUT2D eigenvalue weighted by Gasteiger charge is -2.31. The molecular formula is C20H31ClN4O3. The van der Waals surface area contributed by atoms with Gasteiger partial charge >= 0.3 is 0 Å². The number of nitrogens with zero attached hydrogens (tertiary/aromatic N) is 2. The summed E-state index contributed by atoms with van der Waals surface area (Å²) in [6, 6.07) is 7.49. The Balaban J connectivity index is 0.00000392. The number of rotatable bonds is 10. The molecule has 0 bridgehead atoms. The number of carbonyl (C=O) groups is 1. The van der Waals surface area contributed by atoms with Crippen LogP contribution in [0.5, 0.6) is 5.75 Å². The molecule has 0 aliphatic rings. The van der Waals surface area contributed by atoms with E-state index in [1.165, 1.54) is 0 Å². The van der Waals surface area contributed by atoms with E-state index in [4.69, 9.17) is 15.0 Å². The molecule has 0 radical (unpaired) electrons. The van der Waals surface area contributed by atoms with Gasteiger partial charge in [-0.15, -0.1) is 12.4 Å². The van der Waals surface area contributed by atoms with Crippen molar-refractivity contribution in [2.24, 2.45) is 11.7 Å². The molecule has 1 aromatic carbocycles. The number of nitrogens with two attached hydrogens (primary N) is 1. The van der Waals surface area contributed by atoms with Gasteiger partial charge in [0.25, 0.3) is 0 Å². The minimum Gasteiger partial charge on any atom is -0.494 e. The molecule has 3 N–H and O–H groups in total. The van der Waals surface area contributed by atoms with E-state index in [0.717, 1.165) is 17.7 Å². The summed E-state index contributed by atoms with van der Waals surface area (Å²) in [5.74, 6) is 2.12. The summed E-state index contributed by atoms with van der Waals surface area (Å²) in [6.07, 6.45) is 1.49. The van der Waals surface area contributed by atoms with Gasteiger partial charge in [0, 0.05) is 30.5 Å². The third-order valence-electron chi connectivity index (χ3n) is 4.21. The summed E-state index contributed by atoms with van der Waals surface area (Å²) in [5, 5.41) is 7.03. The Morgan fingerprint density at radius 2 is 2.00 bits per heavy atom. The van der Waals surface area contributed by atoms with Gasteiger partial charge in [-0.1, -0.05) is 19.0 Å². The number of halogens is 1. The predicted molar refractivity (Wildman–Crippen MR) is 112 cm³/mol. The molecule has 1 heterocycles. The number of amides is 1. The molecule has 0 aliphatic carbocycles. The highest BCUT2D eigenvalue weighted by Gasteiger charge is 2.25. The van der Waals surface area contributed by atoms with Crippen LogP contribution >= 0.6 is 12.4 Å². The van der Waals surface area contributed by atoms with E-state index in [0.29, 0.717) is 37.2 Å². The second kappa shape index (κ2) is 11.0. The molecule has 1 atom stereocenters. The molecule has 0 saturated heterocycles. The minimum absolute atomic E-state index is 0. The zero-order valence-corrected chi connectivity index (χ0v) is 17.8. The van der Waals surface area contributed by atoms with Crippen LogP contribution in [0, 0.1) is 5.92 Å². The standard InChI is InChI=1S/C20H30N4O3.ClH/c1-5-26-16-8-6-15(7-9-16)19-22-18(27-24-19)11-10-17(25)23-20(4,13-21)12-14(2)3;/h6-9,14H,5,10-13,21H2,1-4H3,(H,23,25);1H. The van der Waals surface area contributed by atoms with Crippen molar-refractivity contribution in [3.8, 4) is 17.1 Å². The molecule has 1 amide bonds. The second-order valence-corrected chi connectivity index (χ2v) is 7.38. The molecule has 8 heteroatoms. The summed E-state index contributed by atoms with van der Waals surface area (Å²) < 4.78 is 10.7. The molecule has 2 rings (SSSR count). The van der Waals surface area contributed by atoms with Gasteiger partial charge in [-0.25, -0.2) is 0 Å². The van der Waals surface area contributed by atoms with Crippen LogP contribution < -0.4 is 15.8 Å². The van der Waals surface area contributed by atoms with Crippen molar-refractivity contribution >= 4 is 18.3 Å². The lowest BCUT2D eigenvalue weighted by Crippen LogP contribution is -2.52. The van der Waals surface area contributed by atoms with Crippen LogP contribution in [-0.4, -0.2) is 34.7 Å². The largest absolute Gasteiger partial charge is 0.494 e. The molecule has 1 aromatic heterocycles. The van der Waals surface area contributed by atoms with Crippen molar-refractivity contribution in [2.75, 3.05) is 13.2 Å². The summed E-state index contributed by atoms with van der Waals surface area (Å²) in [5.41, 5.74) is 6.29. The zero-order chi connectivity index (χ0) is 19.9. The molecule has 0 saturated carbocycles. The van der Waals surface area contributed by atoms with E-state index in [1.807, 2.05) is 38.1 Å². The summed E-state index contributed by atoms with van der Waals surface area (Å²) >= 11 is 0. The fourth-order valence-corrected chi connectivity index (χ4v) is 3.05. The number of hydrogen-bond donors (Lipinski definition) is 2. The third-order valence-corrected chi connectivity index (χ3v) is 4.21. The Kier molecular flexibility index (Phi) is 9.41. The van der Waals surface area contributed by atoms with Crippen LogP contribution in [0.2, 0.25) is 0 Å². The molecule has 0 fully saturated rings. The van der Waals surface area contributed by atoms with E-state index in [2.05, 4.69) is 29.3 Å². The predicted octanol–water partition coefficient (Wildman–Crippen LogP) is 3.37. The quantitative estimate of drug-likeness (QED) is 0.622. The number of nitrogens with one attached hydrogen (secondary N) is 1. The molecule has 0 aliphatic heterocycles. The smallest absolute Gasteiger partial charge is 0.227 e. The van der Waals surface area contributed by atoms with Crippen LogP contribution in [0.1, 0.15) is 46.4 Å². The van der Waals surface area contributed by atoms with Crippen molar-refractivity contribution in [1.82, 2.24) is 15.5 Å². The fourth-order valence-electron chi connectivity index (χ4n) is 3.05. The Labute approximate surface area is 172 Å². The lowest BCUT2D eigenvalue weighted by molar-refractivity contribution is -0.123. The maximum atomic E-state index is 12.3. The summed E-state index contributed by atoms with van der Waals surface area (Å²) in [6.45, 7) is 9.16. The third kappa shape index (κ3) is 7.13. The van der Waals surface area contributed by atoms with E-state index >= 15 is 0 Å². The first kappa shape index (κ1) is 23.9. The fraction of sp³-hybridized carbons (Fsp3) is 0.550. The van der Waals surface area contributed by atoms with Gasteiger partial charge in [-0.2, -0.15) is 4.98 Å². The Morgan fingerprint density at radius 3 is 2.57 bits per heavy atom. The van der Waals surface area contributed by atoms with E-state index in [1.54, 1.807) is 0 Å². The Hall–Kier alpha value is -2.12.